The predicted molar refractivity (Wildman–Crippen MR) is 96.1 cm³/mol. The minimum atomic E-state index is -0.404. The molecule has 0 atom stereocenters. The largest absolute Gasteiger partial charge is 0.326 e. The molecule has 1 amide bonds. The Morgan fingerprint density at radius 2 is 2.08 bits per heavy atom. The van der Waals surface area contributed by atoms with Gasteiger partial charge < -0.3 is 5.32 Å². The Labute approximate surface area is 147 Å². The first-order valence-corrected chi connectivity index (χ1v) is 8.67. The molecular weight excluding hydrogens is 341 g/mol. The van der Waals surface area contributed by atoms with Crippen LogP contribution < -0.4 is 10.9 Å². The van der Waals surface area contributed by atoms with Gasteiger partial charge in [-0.25, -0.2) is 9.07 Å². The summed E-state index contributed by atoms with van der Waals surface area (Å²) in [5, 5.41) is 8.92. The summed E-state index contributed by atoms with van der Waals surface area (Å²) in [6, 6.07) is 12.8. The van der Waals surface area contributed by atoms with Crippen molar-refractivity contribution in [2.75, 3.05) is 5.32 Å². The molecule has 3 rings (SSSR count). The highest BCUT2D eigenvalue weighted by Crippen LogP contribution is 2.21. The smallest absolute Gasteiger partial charge is 0.266 e. The number of hydrogen-bond acceptors (Lipinski definition) is 4. The van der Waals surface area contributed by atoms with Crippen LogP contribution in [0.3, 0.4) is 0 Å². The van der Waals surface area contributed by atoms with Crippen LogP contribution >= 0.6 is 11.3 Å². The number of aromatic nitrogens is 2. The van der Waals surface area contributed by atoms with Crippen molar-refractivity contribution in [3.63, 3.8) is 0 Å². The molecule has 1 aromatic carbocycles. The van der Waals surface area contributed by atoms with Gasteiger partial charge in [-0.3, -0.25) is 9.59 Å². The van der Waals surface area contributed by atoms with Gasteiger partial charge in [0.2, 0.25) is 5.91 Å². The third-order valence-electron chi connectivity index (χ3n) is 3.52. The molecule has 2 heterocycles. The molecule has 0 saturated carbocycles. The summed E-state index contributed by atoms with van der Waals surface area (Å²) >= 11 is 1.55. The van der Waals surface area contributed by atoms with Crippen molar-refractivity contribution < 1.29 is 9.18 Å². The van der Waals surface area contributed by atoms with Crippen LogP contribution in [-0.2, 0) is 11.3 Å². The van der Waals surface area contributed by atoms with Gasteiger partial charge in [0.25, 0.3) is 5.56 Å². The first kappa shape index (κ1) is 17.0. The molecule has 2 aromatic heterocycles. The lowest BCUT2D eigenvalue weighted by atomic mass is 10.2. The number of carbonyl (C=O) groups excluding carboxylic acids is 1. The van der Waals surface area contributed by atoms with E-state index < -0.39 is 5.82 Å². The highest BCUT2D eigenvalue weighted by molar-refractivity contribution is 7.13. The molecule has 0 aliphatic rings. The Morgan fingerprint density at radius 1 is 1.20 bits per heavy atom. The van der Waals surface area contributed by atoms with E-state index in [4.69, 9.17) is 0 Å². The van der Waals surface area contributed by atoms with Crippen molar-refractivity contribution in [3.8, 4) is 10.6 Å². The summed E-state index contributed by atoms with van der Waals surface area (Å²) < 4.78 is 14.5. The highest BCUT2D eigenvalue weighted by atomic mass is 32.1. The van der Waals surface area contributed by atoms with Gasteiger partial charge in [0.1, 0.15) is 11.5 Å². The van der Waals surface area contributed by atoms with Gasteiger partial charge in [0.05, 0.1) is 4.88 Å². The number of nitrogens with zero attached hydrogens (tertiary/aromatic N) is 2. The Balaban J connectivity index is 1.57. The molecule has 0 saturated heterocycles. The molecule has 7 heteroatoms. The first-order chi connectivity index (χ1) is 12.1. The summed E-state index contributed by atoms with van der Waals surface area (Å²) in [5.41, 5.74) is 0.949. The van der Waals surface area contributed by atoms with Crippen LogP contribution in [0.4, 0.5) is 10.1 Å². The van der Waals surface area contributed by atoms with Gasteiger partial charge in [-0.2, -0.15) is 5.10 Å². The molecule has 0 aliphatic carbocycles. The number of amides is 1. The molecule has 0 radical (unpaired) electrons. The van der Waals surface area contributed by atoms with Gasteiger partial charge >= 0.3 is 0 Å². The van der Waals surface area contributed by atoms with Crippen molar-refractivity contribution in [2.45, 2.75) is 19.4 Å². The first-order valence-electron chi connectivity index (χ1n) is 7.79. The van der Waals surface area contributed by atoms with Gasteiger partial charge in [-0.05, 0) is 42.1 Å². The molecule has 3 aromatic rings. The molecule has 5 nitrogen and oxygen atoms in total. The van der Waals surface area contributed by atoms with Crippen LogP contribution in [-0.4, -0.2) is 15.7 Å². The number of halogens is 1. The highest BCUT2D eigenvalue weighted by Gasteiger charge is 2.07. The van der Waals surface area contributed by atoms with Crippen LogP contribution in [0.25, 0.3) is 10.6 Å². The summed E-state index contributed by atoms with van der Waals surface area (Å²) in [5.74, 6) is -0.632. The maximum atomic E-state index is 13.1. The van der Waals surface area contributed by atoms with Crippen LogP contribution in [0.1, 0.15) is 12.8 Å². The second-order valence-corrected chi connectivity index (χ2v) is 6.37. The van der Waals surface area contributed by atoms with Crippen LogP contribution in [0, 0.1) is 5.82 Å². The molecule has 0 aliphatic heterocycles. The Morgan fingerprint density at radius 3 is 2.84 bits per heavy atom. The van der Waals surface area contributed by atoms with Crippen molar-refractivity contribution >= 4 is 22.9 Å². The van der Waals surface area contributed by atoms with E-state index >= 15 is 0 Å². The Kier molecular flexibility index (Phi) is 5.35. The van der Waals surface area contributed by atoms with E-state index in [1.54, 1.807) is 23.5 Å². The fourth-order valence-corrected chi connectivity index (χ4v) is 3.03. The third-order valence-corrected chi connectivity index (χ3v) is 4.41. The van der Waals surface area contributed by atoms with Crippen LogP contribution in [0.5, 0.6) is 0 Å². The number of hydrogen-bond donors (Lipinski definition) is 1. The topological polar surface area (TPSA) is 64.0 Å². The molecule has 0 fully saturated rings. The van der Waals surface area contributed by atoms with Gasteiger partial charge in [0.15, 0.2) is 0 Å². The SMILES string of the molecule is O=C(CCCn1nc(-c2cccs2)ccc1=O)Nc1cccc(F)c1. The van der Waals surface area contributed by atoms with Crippen molar-refractivity contribution in [1.82, 2.24) is 9.78 Å². The lowest BCUT2D eigenvalue weighted by molar-refractivity contribution is -0.116. The molecule has 128 valence electrons. The fraction of sp³-hybridized carbons (Fsp3) is 0.167. The lowest BCUT2D eigenvalue weighted by Gasteiger charge is -2.07. The second-order valence-electron chi connectivity index (χ2n) is 5.42. The number of anilines is 1. The van der Waals surface area contributed by atoms with Crippen LogP contribution in [0.15, 0.2) is 58.7 Å². The minimum Gasteiger partial charge on any atom is -0.326 e. The lowest BCUT2D eigenvalue weighted by Crippen LogP contribution is -2.23. The average Bonchev–Trinajstić information content (AvgIpc) is 3.11. The zero-order valence-corrected chi connectivity index (χ0v) is 14.1. The van der Waals surface area contributed by atoms with E-state index in [9.17, 15) is 14.0 Å². The van der Waals surface area contributed by atoms with E-state index in [-0.39, 0.29) is 17.9 Å². The standard InChI is InChI=1S/C18H16FN3O2S/c19-13-4-1-5-14(12-13)20-17(23)7-2-10-22-18(24)9-8-15(21-22)16-6-3-11-25-16/h1,3-6,8-9,11-12H,2,7,10H2,(H,20,23). The summed E-state index contributed by atoms with van der Waals surface area (Å²) in [6.07, 6.45) is 0.676. The summed E-state index contributed by atoms with van der Waals surface area (Å²) in [4.78, 5) is 24.8. The molecule has 0 unspecified atom stereocenters. The van der Waals surface area contributed by atoms with E-state index in [1.807, 2.05) is 17.5 Å². The Hall–Kier alpha value is -2.80. The molecular formula is C18H16FN3O2S. The molecule has 0 bridgehead atoms. The molecule has 0 spiro atoms. The number of rotatable bonds is 6. The maximum Gasteiger partial charge on any atom is 0.266 e. The number of nitrogens with one attached hydrogen (secondary N) is 1. The normalized spacial score (nSPS) is 10.6. The van der Waals surface area contributed by atoms with Gasteiger partial charge in [-0.15, -0.1) is 11.3 Å². The third kappa shape index (κ3) is 4.60. The number of carbonyl (C=O) groups is 1. The fourth-order valence-electron chi connectivity index (χ4n) is 2.34. The van der Waals surface area contributed by atoms with Crippen LogP contribution in [0.2, 0.25) is 0 Å². The Bertz CT molecular complexity index is 922. The zero-order chi connectivity index (χ0) is 17.6. The minimum absolute atomic E-state index is 0.203. The van der Waals surface area contributed by atoms with Crippen molar-refractivity contribution in [2.24, 2.45) is 0 Å². The zero-order valence-electron chi connectivity index (χ0n) is 13.3. The molecule has 1 N–H and O–H groups in total. The second kappa shape index (κ2) is 7.85. The predicted octanol–water partition coefficient (Wildman–Crippen LogP) is 3.53. The van der Waals surface area contributed by atoms with Crippen molar-refractivity contribution in [3.05, 3.63) is 70.1 Å². The monoisotopic (exact) mass is 357 g/mol. The quantitative estimate of drug-likeness (QED) is 0.734. The van der Waals surface area contributed by atoms with Gasteiger partial charge in [0, 0.05) is 24.7 Å². The summed E-state index contributed by atoms with van der Waals surface area (Å²) in [7, 11) is 0. The van der Waals surface area contributed by atoms with E-state index in [1.165, 1.54) is 28.9 Å². The molecule has 25 heavy (non-hydrogen) atoms. The number of benzene rings is 1. The average molecular weight is 357 g/mol. The number of aryl methyl sites for hydroxylation is 1. The maximum absolute atomic E-state index is 13.1. The number of thiophene rings is 1. The summed E-state index contributed by atoms with van der Waals surface area (Å²) in [6.45, 7) is 0.342. The van der Waals surface area contributed by atoms with E-state index in [0.717, 1.165) is 10.6 Å². The van der Waals surface area contributed by atoms with Gasteiger partial charge in [-0.1, -0.05) is 12.1 Å². The van der Waals surface area contributed by atoms with Crippen molar-refractivity contribution in [1.29, 1.82) is 0 Å². The van der Waals surface area contributed by atoms with E-state index in [0.29, 0.717) is 18.7 Å². The van der Waals surface area contributed by atoms with E-state index in [2.05, 4.69) is 10.4 Å².